The van der Waals surface area contributed by atoms with Crippen LogP contribution in [0.5, 0.6) is 0 Å². The summed E-state index contributed by atoms with van der Waals surface area (Å²) < 4.78 is 17.8. The standard InChI is InChI=1S/C25H29N5O2S.H2O.H2/c1-5-28-14-18-6-8-20(9-7-18)24(26)32-25(27)23-17(4)29-15-22(30-23)19-10-12-21(13-11-19)33(31)16(2)3;;/h6-13,15-16,26-28H,5,14H2,1-4H3;1H2;1H. The highest BCUT2D eigenvalue weighted by atomic mass is 32.2. The Hall–Kier alpha value is -3.27. The first-order chi connectivity index (χ1) is 15.8. The van der Waals surface area contributed by atoms with E-state index in [1.54, 1.807) is 25.3 Å². The summed E-state index contributed by atoms with van der Waals surface area (Å²) in [4.78, 5) is 9.67. The molecule has 0 saturated carbocycles. The molecule has 0 radical (unpaired) electrons. The van der Waals surface area contributed by atoms with Gasteiger partial charge in [0, 0.05) is 29.2 Å². The van der Waals surface area contributed by atoms with Crippen LogP contribution in [0.15, 0.2) is 59.6 Å². The fourth-order valence-electron chi connectivity index (χ4n) is 3.09. The van der Waals surface area contributed by atoms with Crippen LogP contribution in [0.4, 0.5) is 0 Å². The molecule has 3 aromatic rings. The summed E-state index contributed by atoms with van der Waals surface area (Å²) in [6, 6.07) is 14.8. The molecule has 1 aromatic heterocycles. The predicted molar refractivity (Wildman–Crippen MR) is 138 cm³/mol. The van der Waals surface area contributed by atoms with Crippen LogP contribution in [0.1, 0.15) is 44.7 Å². The Morgan fingerprint density at radius 3 is 2.32 bits per heavy atom. The number of hydrogen-bond donors (Lipinski definition) is 3. The second-order valence-corrected chi connectivity index (χ2v) is 9.81. The van der Waals surface area contributed by atoms with E-state index in [1.807, 2.05) is 57.2 Å². The van der Waals surface area contributed by atoms with Gasteiger partial charge in [0.05, 0.1) is 28.4 Å². The van der Waals surface area contributed by atoms with Crippen LogP contribution in [-0.2, 0) is 22.1 Å². The van der Waals surface area contributed by atoms with Gasteiger partial charge in [-0.2, -0.15) is 0 Å². The summed E-state index contributed by atoms with van der Waals surface area (Å²) in [6.45, 7) is 9.28. The highest BCUT2D eigenvalue weighted by molar-refractivity contribution is 7.85. The van der Waals surface area contributed by atoms with E-state index in [0.29, 0.717) is 17.0 Å². The van der Waals surface area contributed by atoms with Crippen LogP contribution in [-0.4, -0.2) is 43.2 Å². The number of benzene rings is 2. The van der Waals surface area contributed by atoms with Gasteiger partial charge in [0.2, 0.25) is 11.8 Å². The van der Waals surface area contributed by atoms with Crippen molar-refractivity contribution in [2.75, 3.05) is 6.54 Å². The van der Waals surface area contributed by atoms with Gasteiger partial charge in [-0.25, -0.2) is 4.98 Å². The third-order valence-corrected chi connectivity index (χ3v) is 6.57. The van der Waals surface area contributed by atoms with Crippen molar-refractivity contribution in [2.24, 2.45) is 0 Å². The number of ether oxygens (including phenoxy) is 1. The smallest absolute Gasteiger partial charge is 0.241 e. The molecule has 34 heavy (non-hydrogen) atoms. The van der Waals surface area contributed by atoms with Crippen LogP contribution in [0.25, 0.3) is 11.3 Å². The van der Waals surface area contributed by atoms with Gasteiger partial charge in [0.15, 0.2) is 0 Å². The Bertz CT molecular complexity index is 1170. The van der Waals surface area contributed by atoms with Crippen molar-refractivity contribution in [3.8, 4) is 11.3 Å². The molecule has 9 heteroatoms. The number of rotatable bonds is 8. The molecular formula is C25H33N5O3S. The van der Waals surface area contributed by atoms with E-state index in [0.717, 1.165) is 29.1 Å². The lowest BCUT2D eigenvalue weighted by atomic mass is 10.1. The third-order valence-electron chi connectivity index (χ3n) is 4.98. The van der Waals surface area contributed by atoms with Gasteiger partial charge in [0.25, 0.3) is 0 Å². The molecule has 0 amide bonds. The number of aromatic nitrogens is 2. The van der Waals surface area contributed by atoms with E-state index in [2.05, 4.69) is 15.3 Å². The van der Waals surface area contributed by atoms with E-state index in [-0.39, 0.29) is 29.6 Å². The van der Waals surface area contributed by atoms with E-state index < -0.39 is 10.8 Å². The molecule has 8 nitrogen and oxygen atoms in total. The minimum atomic E-state index is -1.06. The molecule has 182 valence electrons. The molecule has 0 aliphatic carbocycles. The molecule has 0 aliphatic rings. The van der Waals surface area contributed by atoms with Crippen molar-refractivity contribution < 1.29 is 15.8 Å². The first-order valence-corrected chi connectivity index (χ1v) is 12.0. The molecule has 0 aliphatic heterocycles. The summed E-state index contributed by atoms with van der Waals surface area (Å²) in [7, 11) is -1.06. The van der Waals surface area contributed by atoms with Gasteiger partial charge in [-0.05, 0) is 43.3 Å². The number of nitrogens with zero attached hydrogens (tertiary/aromatic N) is 2. The van der Waals surface area contributed by atoms with E-state index >= 15 is 0 Å². The highest BCUT2D eigenvalue weighted by Crippen LogP contribution is 2.21. The predicted octanol–water partition coefficient (Wildman–Crippen LogP) is 3.87. The molecule has 2 aromatic carbocycles. The maximum Gasteiger partial charge on any atom is 0.241 e. The van der Waals surface area contributed by atoms with Gasteiger partial charge < -0.3 is 15.5 Å². The summed E-state index contributed by atoms with van der Waals surface area (Å²) >= 11 is 0. The lowest BCUT2D eigenvalue weighted by molar-refractivity contribution is 0.534. The third kappa shape index (κ3) is 6.63. The van der Waals surface area contributed by atoms with Crippen LogP contribution in [0, 0.1) is 17.7 Å². The molecule has 1 heterocycles. The fraction of sp³-hybridized carbons (Fsp3) is 0.280. The first kappa shape index (κ1) is 27.0. The molecule has 5 N–H and O–H groups in total. The van der Waals surface area contributed by atoms with Crippen molar-refractivity contribution in [1.82, 2.24) is 15.3 Å². The zero-order valence-corrected chi connectivity index (χ0v) is 20.6. The molecule has 0 saturated heterocycles. The van der Waals surface area contributed by atoms with Gasteiger partial charge in [-0.15, -0.1) is 0 Å². The van der Waals surface area contributed by atoms with Gasteiger partial charge in [0.1, 0.15) is 5.69 Å². The Balaban J connectivity index is 0.00000306. The number of aryl methyl sites for hydroxylation is 1. The normalized spacial score (nSPS) is 11.6. The quantitative estimate of drug-likeness (QED) is 0.329. The lowest BCUT2D eigenvalue weighted by Crippen LogP contribution is -2.17. The molecule has 0 spiro atoms. The van der Waals surface area contributed by atoms with Crippen LogP contribution in [0.2, 0.25) is 0 Å². The highest BCUT2D eigenvalue weighted by Gasteiger charge is 2.16. The number of nitrogens with one attached hydrogen (secondary N) is 3. The molecule has 3 rings (SSSR count). The SMILES string of the molecule is CCNCc1ccc(C(=N)OC(=N)c2nc(-c3ccc(S(=O)C(C)C)cc3)cnc2C)cc1.O.[HH]. The minimum absolute atomic E-state index is 0. The Kier molecular flexibility index (Phi) is 9.73. The van der Waals surface area contributed by atoms with Crippen molar-refractivity contribution >= 4 is 22.6 Å². The zero-order valence-electron chi connectivity index (χ0n) is 19.8. The average Bonchev–Trinajstić information content (AvgIpc) is 2.82. The monoisotopic (exact) mass is 483 g/mol. The Morgan fingerprint density at radius 1 is 1.09 bits per heavy atom. The summed E-state index contributed by atoms with van der Waals surface area (Å²) in [5.74, 6) is -0.358. The second-order valence-electron chi connectivity index (χ2n) is 7.80. The van der Waals surface area contributed by atoms with Crippen LogP contribution >= 0.6 is 0 Å². The number of hydrogen-bond acceptors (Lipinski definition) is 7. The van der Waals surface area contributed by atoms with Crippen LogP contribution in [0.3, 0.4) is 0 Å². The minimum Gasteiger partial charge on any atom is -0.419 e. The summed E-state index contributed by atoms with van der Waals surface area (Å²) in [5.41, 5.74) is 3.88. The maximum absolute atomic E-state index is 12.3. The summed E-state index contributed by atoms with van der Waals surface area (Å²) in [6.07, 6.45) is 1.63. The first-order valence-electron chi connectivity index (χ1n) is 10.8. The summed E-state index contributed by atoms with van der Waals surface area (Å²) in [5, 5.41) is 19.9. The Labute approximate surface area is 204 Å². The van der Waals surface area contributed by atoms with Crippen LogP contribution < -0.4 is 5.32 Å². The topological polar surface area (TPSA) is 143 Å². The molecule has 1 unspecified atom stereocenters. The lowest BCUT2D eigenvalue weighted by Gasteiger charge is -2.11. The zero-order chi connectivity index (χ0) is 24.0. The Morgan fingerprint density at radius 2 is 1.74 bits per heavy atom. The molecule has 1 atom stereocenters. The van der Waals surface area contributed by atoms with E-state index in [9.17, 15) is 4.21 Å². The van der Waals surface area contributed by atoms with Crippen molar-refractivity contribution in [1.29, 1.82) is 10.8 Å². The fourth-order valence-corrected chi connectivity index (χ4v) is 4.04. The van der Waals surface area contributed by atoms with Crippen molar-refractivity contribution in [3.05, 3.63) is 77.2 Å². The maximum atomic E-state index is 12.3. The largest absolute Gasteiger partial charge is 0.419 e. The van der Waals surface area contributed by atoms with E-state index in [4.69, 9.17) is 15.6 Å². The van der Waals surface area contributed by atoms with Gasteiger partial charge >= 0.3 is 0 Å². The van der Waals surface area contributed by atoms with Crippen molar-refractivity contribution in [3.63, 3.8) is 0 Å². The second kappa shape index (κ2) is 12.3. The van der Waals surface area contributed by atoms with Gasteiger partial charge in [-0.3, -0.25) is 20.0 Å². The van der Waals surface area contributed by atoms with Crippen molar-refractivity contribution in [2.45, 2.75) is 44.4 Å². The average molecular weight is 484 g/mol. The van der Waals surface area contributed by atoms with Gasteiger partial charge in [-0.1, -0.05) is 45.0 Å². The van der Waals surface area contributed by atoms with E-state index in [1.165, 1.54) is 0 Å². The molecule has 0 bridgehead atoms. The molecule has 0 fully saturated rings. The molecular weight excluding hydrogens is 450 g/mol.